The fraction of sp³-hybridized carbons (Fsp3) is 0.333. The van der Waals surface area contributed by atoms with Crippen LogP contribution in [0.15, 0.2) is 21.7 Å². The highest BCUT2D eigenvalue weighted by Crippen LogP contribution is 2.31. The normalized spacial score (nSPS) is 12.4. The van der Waals surface area contributed by atoms with Gasteiger partial charge in [0, 0.05) is 24.1 Å². The lowest BCUT2D eigenvalue weighted by Crippen LogP contribution is -2.31. The average molecular weight is 396 g/mol. The number of carbonyl (C=O) groups excluding carboxylic acids is 2. The summed E-state index contributed by atoms with van der Waals surface area (Å²) in [6.07, 6.45) is 1.58. The monoisotopic (exact) mass is 396 g/mol. The molecular formula is C21H20N2O6-2. The molecule has 0 spiro atoms. The number of carboxylic acid groups (broad SMARTS) is 2. The SMILES string of the molecule is CCCC(C)c1cc2c(=O)c(C)c(C(=O)[O-])n(C)c2c2c(=O)cc(C(=O)[O-])[nH]c12. The number of aromatic amines is 1. The third kappa shape index (κ3) is 3.10. The van der Waals surface area contributed by atoms with Crippen molar-refractivity contribution in [3.63, 3.8) is 0 Å². The van der Waals surface area contributed by atoms with E-state index in [9.17, 15) is 29.4 Å². The summed E-state index contributed by atoms with van der Waals surface area (Å²) in [7, 11) is 1.43. The maximum absolute atomic E-state index is 12.9. The van der Waals surface area contributed by atoms with E-state index in [0.717, 1.165) is 18.9 Å². The maximum atomic E-state index is 12.9. The van der Waals surface area contributed by atoms with Crippen LogP contribution in [-0.2, 0) is 7.05 Å². The zero-order valence-corrected chi connectivity index (χ0v) is 16.5. The van der Waals surface area contributed by atoms with Crippen LogP contribution in [0.2, 0.25) is 0 Å². The number of benzene rings is 1. The molecule has 0 radical (unpaired) electrons. The minimum atomic E-state index is -1.54. The molecule has 8 heteroatoms. The number of nitrogens with zero attached hydrogens (tertiary/aromatic N) is 1. The van der Waals surface area contributed by atoms with E-state index in [1.165, 1.54) is 18.5 Å². The lowest BCUT2D eigenvalue weighted by Gasteiger charge is -2.21. The van der Waals surface area contributed by atoms with Crippen LogP contribution in [0.4, 0.5) is 0 Å². The van der Waals surface area contributed by atoms with Crippen molar-refractivity contribution in [2.75, 3.05) is 0 Å². The molecule has 2 heterocycles. The Morgan fingerprint density at radius 1 is 1.17 bits per heavy atom. The van der Waals surface area contributed by atoms with Crippen molar-refractivity contribution >= 4 is 33.7 Å². The first-order valence-corrected chi connectivity index (χ1v) is 9.26. The molecule has 0 aliphatic carbocycles. The number of nitrogens with one attached hydrogen (secondary N) is 1. The van der Waals surface area contributed by atoms with E-state index in [1.54, 1.807) is 6.07 Å². The summed E-state index contributed by atoms with van der Waals surface area (Å²) >= 11 is 0. The van der Waals surface area contributed by atoms with Crippen molar-refractivity contribution in [1.29, 1.82) is 0 Å². The zero-order chi connectivity index (χ0) is 21.6. The Bertz CT molecular complexity index is 1300. The molecule has 29 heavy (non-hydrogen) atoms. The van der Waals surface area contributed by atoms with Crippen molar-refractivity contribution in [1.82, 2.24) is 9.55 Å². The fourth-order valence-corrected chi connectivity index (χ4v) is 4.01. The van der Waals surface area contributed by atoms with Crippen LogP contribution in [0.5, 0.6) is 0 Å². The van der Waals surface area contributed by atoms with E-state index < -0.39 is 22.8 Å². The molecule has 0 fully saturated rings. The van der Waals surface area contributed by atoms with Gasteiger partial charge in [-0.2, -0.15) is 0 Å². The Balaban J connectivity index is 2.68. The van der Waals surface area contributed by atoms with Crippen molar-refractivity contribution in [2.45, 2.75) is 39.5 Å². The maximum Gasteiger partial charge on any atom is 0.193 e. The van der Waals surface area contributed by atoms with Gasteiger partial charge in [-0.05, 0) is 30.9 Å². The lowest BCUT2D eigenvalue weighted by atomic mass is 9.91. The number of carbonyl (C=O) groups is 2. The molecule has 1 unspecified atom stereocenters. The number of hydrogen-bond acceptors (Lipinski definition) is 6. The minimum Gasteiger partial charge on any atom is -0.543 e. The van der Waals surface area contributed by atoms with Crippen LogP contribution in [0, 0.1) is 6.92 Å². The molecule has 1 aromatic carbocycles. The van der Waals surface area contributed by atoms with Crippen LogP contribution < -0.4 is 21.1 Å². The molecule has 0 bridgehead atoms. The molecule has 1 atom stereocenters. The molecule has 0 saturated carbocycles. The van der Waals surface area contributed by atoms with Crippen molar-refractivity contribution in [2.24, 2.45) is 7.05 Å². The summed E-state index contributed by atoms with van der Waals surface area (Å²) in [6, 6.07) is 2.50. The number of aryl methyl sites for hydroxylation is 1. The van der Waals surface area contributed by atoms with Crippen molar-refractivity contribution in [3.8, 4) is 0 Å². The number of aromatic nitrogens is 2. The first-order valence-electron chi connectivity index (χ1n) is 9.26. The van der Waals surface area contributed by atoms with Gasteiger partial charge in [0.2, 0.25) is 0 Å². The first-order chi connectivity index (χ1) is 13.6. The predicted octanol–water partition coefficient (Wildman–Crippen LogP) is 0.319. The van der Waals surface area contributed by atoms with Crippen LogP contribution in [0.1, 0.15) is 64.7 Å². The van der Waals surface area contributed by atoms with Gasteiger partial charge in [0.1, 0.15) is 0 Å². The van der Waals surface area contributed by atoms with E-state index in [2.05, 4.69) is 4.98 Å². The Kier molecular flexibility index (Phi) is 5.04. The molecule has 3 aromatic rings. The minimum absolute atomic E-state index is 0.0104. The van der Waals surface area contributed by atoms with E-state index >= 15 is 0 Å². The summed E-state index contributed by atoms with van der Waals surface area (Å²) < 4.78 is 1.24. The molecule has 2 aromatic heterocycles. The van der Waals surface area contributed by atoms with E-state index in [0.29, 0.717) is 5.56 Å². The average Bonchev–Trinajstić information content (AvgIpc) is 2.64. The zero-order valence-electron chi connectivity index (χ0n) is 16.5. The number of rotatable bonds is 5. The summed E-state index contributed by atoms with van der Waals surface area (Å²) in [5, 5.41) is 23.2. The molecule has 0 aliphatic heterocycles. The smallest absolute Gasteiger partial charge is 0.193 e. The second kappa shape index (κ2) is 7.20. The van der Waals surface area contributed by atoms with Crippen LogP contribution in [0.3, 0.4) is 0 Å². The number of fused-ring (bicyclic) bond motifs is 3. The van der Waals surface area contributed by atoms with Gasteiger partial charge >= 0.3 is 0 Å². The van der Waals surface area contributed by atoms with Gasteiger partial charge < -0.3 is 29.4 Å². The van der Waals surface area contributed by atoms with Gasteiger partial charge in [-0.3, -0.25) is 9.59 Å². The van der Waals surface area contributed by atoms with Crippen LogP contribution in [0.25, 0.3) is 21.8 Å². The summed E-state index contributed by atoms with van der Waals surface area (Å²) in [5.74, 6) is -3.15. The second-order valence-electron chi connectivity index (χ2n) is 7.29. The van der Waals surface area contributed by atoms with Gasteiger partial charge in [-0.1, -0.05) is 20.3 Å². The van der Waals surface area contributed by atoms with Gasteiger partial charge in [-0.15, -0.1) is 0 Å². The Morgan fingerprint density at radius 3 is 2.38 bits per heavy atom. The van der Waals surface area contributed by atoms with E-state index in [4.69, 9.17) is 0 Å². The summed E-state index contributed by atoms with van der Waals surface area (Å²) in [5.41, 5.74) is -0.861. The van der Waals surface area contributed by atoms with Crippen LogP contribution in [-0.4, -0.2) is 21.5 Å². The van der Waals surface area contributed by atoms with E-state index in [-0.39, 0.29) is 44.7 Å². The number of hydrogen-bond donors (Lipinski definition) is 1. The third-order valence-electron chi connectivity index (χ3n) is 5.39. The molecule has 8 nitrogen and oxygen atoms in total. The molecule has 3 rings (SSSR count). The van der Waals surface area contributed by atoms with E-state index in [1.807, 2.05) is 13.8 Å². The standard InChI is InChI=1S/C21H22N2O6/c1-5-6-9(2)11-7-12-18(23(4)17(21(28)29)10(3)19(12)25)15-14(24)8-13(20(26)27)22-16(11)15/h7-9H,5-6H2,1-4H3,(H,22,24)(H,26,27)(H,28,29)/p-2. The quantitative estimate of drug-likeness (QED) is 0.617. The second-order valence-corrected chi connectivity index (χ2v) is 7.29. The highest BCUT2D eigenvalue weighted by molar-refractivity contribution is 6.08. The highest BCUT2D eigenvalue weighted by Gasteiger charge is 2.21. The van der Waals surface area contributed by atoms with Gasteiger partial charge in [0.05, 0.1) is 39.7 Å². The number of H-pyrrole nitrogens is 1. The molecule has 1 N–H and O–H groups in total. The third-order valence-corrected chi connectivity index (χ3v) is 5.39. The van der Waals surface area contributed by atoms with Crippen molar-refractivity contribution < 1.29 is 19.8 Å². The summed E-state index contributed by atoms with van der Waals surface area (Å²) in [6.45, 7) is 5.31. The van der Waals surface area contributed by atoms with Gasteiger partial charge in [-0.25, -0.2) is 0 Å². The Labute approximate surface area is 165 Å². The number of carboxylic acids is 2. The van der Waals surface area contributed by atoms with Crippen LogP contribution >= 0.6 is 0 Å². The number of aromatic carboxylic acids is 2. The van der Waals surface area contributed by atoms with Gasteiger partial charge in [0.15, 0.2) is 10.9 Å². The summed E-state index contributed by atoms with van der Waals surface area (Å²) in [4.78, 5) is 51.5. The Morgan fingerprint density at radius 2 is 1.83 bits per heavy atom. The molecule has 0 amide bonds. The van der Waals surface area contributed by atoms with Gasteiger partial charge in [0.25, 0.3) is 0 Å². The molecule has 0 saturated heterocycles. The fourth-order valence-electron chi connectivity index (χ4n) is 4.01. The molecule has 152 valence electrons. The highest BCUT2D eigenvalue weighted by atomic mass is 16.4. The lowest BCUT2D eigenvalue weighted by molar-refractivity contribution is -0.256. The largest absolute Gasteiger partial charge is 0.543 e. The Hall–Kier alpha value is -3.42. The topological polar surface area (TPSA) is 135 Å². The molecule has 0 aliphatic rings. The van der Waals surface area contributed by atoms with Crippen molar-refractivity contribution in [3.05, 3.63) is 55.1 Å². The first kappa shape index (κ1) is 20.3. The predicted molar refractivity (Wildman–Crippen MR) is 104 cm³/mol. The number of pyridine rings is 2. The molecular weight excluding hydrogens is 376 g/mol.